The van der Waals surface area contributed by atoms with Crippen molar-refractivity contribution in [1.82, 2.24) is 4.90 Å². The molecule has 2 atom stereocenters. The van der Waals surface area contributed by atoms with Crippen molar-refractivity contribution in [3.05, 3.63) is 0 Å². The van der Waals surface area contributed by atoms with Crippen LogP contribution in [0.3, 0.4) is 0 Å². The van der Waals surface area contributed by atoms with Gasteiger partial charge in [0.15, 0.2) is 0 Å². The topological polar surface area (TPSA) is 3.24 Å². The van der Waals surface area contributed by atoms with Crippen molar-refractivity contribution >= 4 is 11.6 Å². The fraction of sp³-hybridized carbons (Fsp3) is 1.00. The molecular weight excluding hydrogens is 194 g/mol. The number of hydrogen-bond donors (Lipinski definition) is 0. The SMILES string of the molecule is ClC[C@H]1CC[C@@]2(CCN(C3CC3)C2)C1. The molecule has 0 N–H and O–H groups in total. The highest BCUT2D eigenvalue weighted by Gasteiger charge is 2.46. The third-order valence-corrected chi connectivity index (χ3v) is 4.99. The Morgan fingerprint density at radius 1 is 1.21 bits per heavy atom. The van der Waals surface area contributed by atoms with E-state index in [1.165, 1.54) is 51.6 Å². The van der Waals surface area contributed by atoms with Crippen LogP contribution in [0.15, 0.2) is 0 Å². The Kier molecular flexibility index (Phi) is 2.29. The minimum absolute atomic E-state index is 0.697. The van der Waals surface area contributed by atoms with E-state index in [9.17, 15) is 0 Å². The molecule has 0 aromatic carbocycles. The van der Waals surface area contributed by atoms with Crippen LogP contribution in [-0.2, 0) is 0 Å². The summed E-state index contributed by atoms with van der Waals surface area (Å²) < 4.78 is 0. The van der Waals surface area contributed by atoms with Crippen molar-refractivity contribution in [2.45, 2.75) is 44.6 Å². The van der Waals surface area contributed by atoms with Crippen LogP contribution in [0.2, 0.25) is 0 Å². The van der Waals surface area contributed by atoms with Gasteiger partial charge < -0.3 is 0 Å². The Morgan fingerprint density at radius 3 is 2.71 bits per heavy atom. The molecular formula is C12H20ClN. The van der Waals surface area contributed by atoms with Crippen LogP contribution < -0.4 is 0 Å². The van der Waals surface area contributed by atoms with Crippen molar-refractivity contribution in [2.75, 3.05) is 19.0 Å². The summed E-state index contributed by atoms with van der Waals surface area (Å²) in [6, 6.07) is 0.976. The summed E-state index contributed by atoms with van der Waals surface area (Å²) >= 11 is 5.97. The first-order valence-corrected chi connectivity index (χ1v) is 6.65. The summed E-state index contributed by atoms with van der Waals surface area (Å²) in [6.07, 6.45) is 8.65. The van der Waals surface area contributed by atoms with Crippen molar-refractivity contribution in [2.24, 2.45) is 11.3 Å². The van der Waals surface area contributed by atoms with Crippen molar-refractivity contribution in [3.8, 4) is 0 Å². The van der Waals surface area contributed by atoms with Crippen LogP contribution >= 0.6 is 11.6 Å². The summed E-state index contributed by atoms with van der Waals surface area (Å²) in [6.45, 7) is 2.77. The van der Waals surface area contributed by atoms with Crippen molar-refractivity contribution < 1.29 is 0 Å². The van der Waals surface area contributed by atoms with Gasteiger partial charge in [-0.2, -0.15) is 0 Å². The predicted molar refractivity (Wildman–Crippen MR) is 59.7 cm³/mol. The van der Waals surface area contributed by atoms with Crippen LogP contribution in [0.25, 0.3) is 0 Å². The standard InChI is InChI=1S/C12H20ClN/c13-8-10-3-4-12(7-10)5-6-14(9-12)11-1-2-11/h10-11H,1-9H2/t10-,12+/m0/s1. The lowest BCUT2D eigenvalue weighted by atomic mass is 9.85. The molecule has 14 heavy (non-hydrogen) atoms. The maximum Gasteiger partial charge on any atom is 0.0251 e. The number of rotatable bonds is 2. The number of halogens is 1. The van der Waals surface area contributed by atoms with Gasteiger partial charge in [0.05, 0.1) is 0 Å². The molecule has 80 valence electrons. The molecule has 1 saturated heterocycles. The highest BCUT2D eigenvalue weighted by atomic mass is 35.5. The second-order valence-corrected chi connectivity index (χ2v) is 6.02. The van der Waals surface area contributed by atoms with Crippen molar-refractivity contribution in [1.29, 1.82) is 0 Å². The quantitative estimate of drug-likeness (QED) is 0.638. The van der Waals surface area contributed by atoms with Crippen LogP contribution in [0, 0.1) is 11.3 Å². The van der Waals surface area contributed by atoms with Gasteiger partial charge in [-0.25, -0.2) is 0 Å². The lowest BCUT2D eigenvalue weighted by Gasteiger charge is -2.24. The Hall–Kier alpha value is 0.250. The van der Waals surface area contributed by atoms with E-state index in [0.717, 1.165) is 17.8 Å². The first kappa shape index (κ1) is 9.47. The summed E-state index contributed by atoms with van der Waals surface area (Å²) in [5.74, 6) is 1.72. The molecule has 0 unspecified atom stereocenters. The molecule has 0 radical (unpaired) electrons. The molecule has 1 nitrogen and oxygen atoms in total. The number of likely N-dealkylation sites (tertiary alicyclic amines) is 1. The van der Waals surface area contributed by atoms with E-state index < -0.39 is 0 Å². The number of nitrogens with zero attached hydrogens (tertiary/aromatic N) is 1. The molecule has 1 heterocycles. The maximum absolute atomic E-state index is 5.97. The third kappa shape index (κ3) is 1.59. The largest absolute Gasteiger partial charge is 0.300 e. The van der Waals surface area contributed by atoms with Gasteiger partial charge in [-0.05, 0) is 56.4 Å². The maximum atomic E-state index is 5.97. The zero-order chi connectivity index (χ0) is 9.60. The van der Waals surface area contributed by atoms with Gasteiger partial charge in [0, 0.05) is 18.5 Å². The molecule has 2 heteroatoms. The molecule has 3 rings (SSSR count). The minimum Gasteiger partial charge on any atom is -0.300 e. The van der Waals surface area contributed by atoms with Crippen LogP contribution in [0.1, 0.15) is 38.5 Å². The summed E-state index contributed by atoms with van der Waals surface area (Å²) in [7, 11) is 0. The zero-order valence-corrected chi connectivity index (χ0v) is 9.60. The van der Waals surface area contributed by atoms with E-state index in [4.69, 9.17) is 11.6 Å². The summed E-state index contributed by atoms with van der Waals surface area (Å²) in [5, 5.41) is 0. The van der Waals surface area contributed by atoms with Crippen LogP contribution in [0.5, 0.6) is 0 Å². The van der Waals surface area contributed by atoms with E-state index in [0.29, 0.717) is 5.41 Å². The fourth-order valence-corrected chi connectivity index (χ4v) is 3.81. The molecule has 1 aliphatic heterocycles. The molecule has 3 fully saturated rings. The molecule has 0 aromatic rings. The highest BCUT2D eigenvalue weighted by Crippen LogP contribution is 2.50. The average molecular weight is 214 g/mol. The van der Waals surface area contributed by atoms with Gasteiger partial charge in [0.1, 0.15) is 0 Å². The Labute approximate surface area is 91.8 Å². The van der Waals surface area contributed by atoms with Gasteiger partial charge >= 0.3 is 0 Å². The molecule has 0 bridgehead atoms. The summed E-state index contributed by atoms with van der Waals surface area (Å²) in [4.78, 5) is 2.75. The van der Waals surface area contributed by atoms with E-state index in [1.54, 1.807) is 0 Å². The highest BCUT2D eigenvalue weighted by molar-refractivity contribution is 6.18. The average Bonchev–Trinajstić information content (AvgIpc) is 2.87. The van der Waals surface area contributed by atoms with Gasteiger partial charge in [0.25, 0.3) is 0 Å². The van der Waals surface area contributed by atoms with Gasteiger partial charge in [0.2, 0.25) is 0 Å². The predicted octanol–water partition coefficient (Wildman–Crippen LogP) is 2.88. The lowest BCUT2D eigenvalue weighted by molar-refractivity contribution is 0.250. The molecule has 0 amide bonds. The Bertz CT molecular complexity index is 226. The Morgan fingerprint density at radius 2 is 2.07 bits per heavy atom. The first-order valence-electron chi connectivity index (χ1n) is 6.11. The second kappa shape index (κ2) is 3.38. The second-order valence-electron chi connectivity index (χ2n) is 5.71. The van der Waals surface area contributed by atoms with Gasteiger partial charge in [-0.1, -0.05) is 0 Å². The number of alkyl halides is 1. The van der Waals surface area contributed by atoms with E-state index in [-0.39, 0.29) is 0 Å². The molecule has 1 spiro atoms. The number of hydrogen-bond acceptors (Lipinski definition) is 1. The Balaban J connectivity index is 1.63. The minimum atomic E-state index is 0.697. The monoisotopic (exact) mass is 213 g/mol. The molecule has 0 aromatic heterocycles. The smallest absolute Gasteiger partial charge is 0.0251 e. The van der Waals surface area contributed by atoms with Gasteiger partial charge in [-0.3, -0.25) is 4.90 Å². The molecule has 2 saturated carbocycles. The zero-order valence-electron chi connectivity index (χ0n) is 8.84. The van der Waals surface area contributed by atoms with E-state index in [1.807, 2.05) is 0 Å². The normalized spacial score (nSPS) is 43.9. The molecule has 3 aliphatic rings. The van der Waals surface area contributed by atoms with Crippen LogP contribution in [0.4, 0.5) is 0 Å². The fourth-order valence-electron chi connectivity index (χ4n) is 3.55. The third-order valence-electron chi connectivity index (χ3n) is 4.55. The van der Waals surface area contributed by atoms with E-state index >= 15 is 0 Å². The summed E-state index contributed by atoms with van der Waals surface area (Å²) in [5.41, 5.74) is 0.697. The molecule has 2 aliphatic carbocycles. The van der Waals surface area contributed by atoms with Gasteiger partial charge in [-0.15, -0.1) is 11.6 Å². The van der Waals surface area contributed by atoms with E-state index in [2.05, 4.69) is 4.90 Å². The lowest BCUT2D eigenvalue weighted by Crippen LogP contribution is -2.27. The first-order chi connectivity index (χ1) is 6.81. The van der Waals surface area contributed by atoms with Crippen molar-refractivity contribution in [3.63, 3.8) is 0 Å². The van der Waals surface area contributed by atoms with Crippen LogP contribution in [-0.4, -0.2) is 29.9 Å².